The number of carbonyl (C=O) groups excluding carboxylic acids is 2. The third-order valence-corrected chi connectivity index (χ3v) is 4.18. The van der Waals surface area contributed by atoms with Gasteiger partial charge in [0.2, 0.25) is 0 Å². The minimum Gasteiger partial charge on any atom is -0.376 e. The number of ether oxygens (including phenoxy) is 1. The number of carbonyl (C=O) groups is 2. The first-order chi connectivity index (χ1) is 9.59. The lowest BCUT2D eigenvalue weighted by Gasteiger charge is -2.28. The molecule has 1 saturated heterocycles. The first kappa shape index (κ1) is 13.3. The van der Waals surface area contributed by atoms with Crippen LogP contribution in [-0.2, 0) is 9.53 Å². The molecule has 2 aliphatic rings. The molecule has 106 valence electrons. The van der Waals surface area contributed by atoms with Crippen molar-refractivity contribution in [2.24, 2.45) is 0 Å². The zero-order chi connectivity index (χ0) is 14.3. The van der Waals surface area contributed by atoms with Gasteiger partial charge in [-0.15, -0.1) is 0 Å². The van der Waals surface area contributed by atoms with E-state index in [9.17, 15) is 9.59 Å². The minimum atomic E-state index is -0.411. The molecular weight excluding hydrogens is 254 g/mol. The second-order valence-electron chi connectivity index (χ2n) is 5.66. The Bertz CT molecular complexity index is 573. The highest BCUT2D eigenvalue weighted by atomic mass is 16.5. The summed E-state index contributed by atoms with van der Waals surface area (Å²) in [4.78, 5) is 26.1. The topological polar surface area (TPSA) is 46.6 Å². The fourth-order valence-corrected chi connectivity index (χ4v) is 3.09. The smallest absolute Gasteiger partial charge is 0.299 e. The zero-order valence-electron chi connectivity index (χ0n) is 11.9. The second kappa shape index (κ2) is 5.02. The first-order valence-corrected chi connectivity index (χ1v) is 7.17. The van der Waals surface area contributed by atoms with E-state index < -0.39 is 5.91 Å². The summed E-state index contributed by atoms with van der Waals surface area (Å²) in [6.45, 7) is 5.06. The Labute approximate surface area is 118 Å². The van der Waals surface area contributed by atoms with E-state index in [0.717, 1.165) is 42.7 Å². The van der Waals surface area contributed by atoms with Gasteiger partial charge in [0.1, 0.15) is 0 Å². The van der Waals surface area contributed by atoms with Gasteiger partial charge in [-0.1, -0.05) is 12.1 Å². The Hall–Kier alpha value is -1.68. The molecule has 0 saturated carbocycles. The Morgan fingerprint density at radius 3 is 2.65 bits per heavy atom. The van der Waals surface area contributed by atoms with Gasteiger partial charge >= 0.3 is 0 Å². The molecule has 1 atom stereocenters. The predicted molar refractivity (Wildman–Crippen MR) is 76.2 cm³/mol. The average molecular weight is 273 g/mol. The van der Waals surface area contributed by atoms with Crippen molar-refractivity contribution in [1.82, 2.24) is 0 Å². The number of Topliss-reactive ketones (excluding diaryl/α,β-unsaturated/α-hetero) is 1. The Balaban J connectivity index is 1.95. The molecule has 1 fully saturated rings. The summed E-state index contributed by atoms with van der Waals surface area (Å²) in [7, 11) is 0. The third-order valence-electron chi connectivity index (χ3n) is 4.18. The van der Waals surface area contributed by atoms with E-state index in [1.807, 2.05) is 26.0 Å². The van der Waals surface area contributed by atoms with Crippen LogP contribution in [0.4, 0.5) is 5.69 Å². The Morgan fingerprint density at radius 1 is 1.20 bits per heavy atom. The van der Waals surface area contributed by atoms with Crippen LogP contribution in [0.25, 0.3) is 0 Å². The molecule has 0 aromatic heterocycles. The Morgan fingerprint density at radius 2 is 1.95 bits per heavy atom. The van der Waals surface area contributed by atoms with Gasteiger partial charge in [0.05, 0.1) is 23.9 Å². The molecule has 0 aliphatic carbocycles. The molecule has 2 heterocycles. The molecule has 0 bridgehead atoms. The first-order valence-electron chi connectivity index (χ1n) is 7.17. The standard InChI is InChI=1S/C16H19NO3/c1-10-6-7-11(2)14-13(10)15(18)16(19)17(14)9-12-5-3-4-8-20-12/h6-7,12H,3-5,8-9H2,1-2H3. The number of amides is 1. The van der Waals surface area contributed by atoms with E-state index in [1.54, 1.807) is 4.90 Å². The predicted octanol–water partition coefficient (Wildman–Crippen LogP) is 2.40. The van der Waals surface area contributed by atoms with Crippen molar-refractivity contribution >= 4 is 17.4 Å². The van der Waals surface area contributed by atoms with Crippen LogP contribution in [0.2, 0.25) is 0 Å². The van der Waals surface area contributed by atoms with Crippen molar-refractivity contribution in [2.75, 3.05) is 18.1 Å². The normalized spacial score (nSPS) is 22.3. The number of ketones is 1. The molecule has 3 rings (SSSR count). The van der Waals surface area contributed by atoms with Crippen LogP contribution >= 0.6 is 0 Å². The largest absolute Gasteiger partial charge is 0.376 e. The Kier molecular flexibility index (Phi) is 3.34. The quantitative estimate of drug-likeness (QED) is 0.777. The molecule has 2 aliphatic heterocycles. The number of nitrogens with zero attached hydrogens (tertiary/aromatic N) is 1. The van der Waals surface area contributed by atoms with Crippen molar-refractivity contribution in [1.29, 1.82) is 0 Å². The van der Waals surface area contributed by atoms with Crippen molar-refractivity contribution in [2.45, 2.75) is 39.2 Å². The molecule has 1 unspecified atom stereocenters. The molecule has 4 heteroatoms. The maximum Gasteiger partial charge on any atom is 0.299 e. The molecule has 0 radical (unpaired) electrons. The van der Waals surface area contributed by atoms with E-state index >= 15 is 0 Å². The van der Waals surface area contributed by atoms with Crippen LogP contribution in [-0.4, -0.2) is 30.9 Å². The van der Waals surface area contributed by atoms with E-state index in [-0.39, 0.29) is 11.9 Å². The summed E-state index contributed by atoms with van der Waals surface area (Å²) in [6, 6.07) is 3.87. The van der Waals surface area contributed by atoms with Crippen LogP contribution in [0.15, 0.2) is 12.1 Å². The second-order valence-corrected chi connectivity index (χ2v) is 5.66. The lowest BCUT2D eigenvalue weighted by atomic mass is 10.0. The number of benzene rings is 1. The molecule has 1 aromatic rings. The van der Waals surface area contributed by atoms with Gasteiger partial charge in [0.15, 0.2) is 0 Å². The minimum absolute atomic E-state index is 0.0476. The van der Waals surface area contributed by atoms with Gasteiger partial charge in [-0.2, -0.15) is 0 Å². The van der Waals surface area contributed by atoms with Gasteiger partial charge in [-0.25, -0.2) is 0 Å². The maximum atomic E-state index is 12.3. The van der Waals surface area contributed by atoms with Crippen molar-refractivity contribution in [3.63, 3.8) is 0 Å². The fourth-order valence-electron chi connectivity index (χ4n) is 3.09. The average Bonchev–Trinajstić information content (AvgIpc) is 2.70. The van der Waals surface area contributed by atoms with Crippen molar-refractivity contribution < 1.29 is 14.3 Å². The number of aryl methyl sites for hydroxylation is 2. The number of hydrogen-bond acceptors (Lipinski definition) is 3. The highest BCUT2D eigenvalue weighted by molar-refractivity contribution is 6.52. The molecule has 20 heavy (non-hydrogen) atoms. The van der Waals surface area contributed by atoms with Crippen molar-refractivity contribution in [3.05, 3.63) is 28.8 Å². The highest BCUT2D eigenvalue weighted by Gasteiger charge is 2.39. The van der Waals surface area contributed by atoms with Crippen LogP contribution in [0.1, 0.15) is 40.7 Å². The van der Waals surface area contributed by atoms with Gasteiger partial charge in [-0.05, 0) is 44.2 Å². The van der Waals surface area contributed by atoms with E-state index in [2.05, 4.69) is 0 Å². The summed E-state index contributed by atoms with van der Waals surface area (Å²) in [5.41, 5.74) is 3.21. The molecule has 0 N–H and O–H groups in total. The lowest BCUT2D eigenvalue weighted by Crippen LogP contribution is -2.39. The summed E-state index contributed by atoms with van der Waals surface area (Å²) < 4.78 is 5.70. The summed E-state index contributed by atoms with van der Waals surface area (Å²) in [5, 5.41) is 0. The van der Waals surface area contributed by atoms with Crippen LogP contribution in [0.5, 0.6) is 0 Å². The van der Waals surface area contributed by atoms with Crippen LogP contribution in [0.3, 0.4) is 0 Å². The van der Waals surface area contributed by atoms with E-state index in [4.69, 9.17) is 4.74 Å². The lowest BCUT2D eigenvalue weighted by molar-refractivity contribution is -0.114. The number of fused-ring (bicyclic) bond motifs is 1. The highest BCUT2D eigenvalue weighted by Crippen LogP contribution is 2.35. The number of hydrogen-bond donors (Lipinski definition) is 0. The zero-order valence-corrected chi connectivity index (χ0v) is 11.9. The van der Waals surface area contributed by atoms with Gasteiger partial charge in [0, 0.05) is 6.61 Å². The van der Waals surface area contributed by atoms with Crippen LogP contribution < -0.4 is 4.90 Å². The number of rotatable bonds is 2. The monoisotopic (exact) mass is 273 g/mol. The van der Waals surface area contributed by atoms with Gasteiger partial charge in [0.25, 0.3) is 11.7 Å². The molecule has 0 spiro atoms. The molecule has 1 aromatic carbocycles. The number of anilines is 1. The van der Waals surface area contributed by atoms with Gasteiger partial charge in [-0.3, -0.25) is 9.59 Å². The van der Waals surface area contributed by atoms with E-state index in [0.29, 0.717) is 12.1 Å². The van der Waals surface area contributed by atoms with Gasteiger partial charge < -0.3 is 9.64 Å². The third kappa shape index (κ3) is 2.04. The summed E-state index contributed by atoms with van der Waals surface area (Å²) in [6.07, 6.45) is 3.21. The van der Waals surface area contributed by atoms with Crippen LogP contribution in [0, 0.1) is 13.8 Å². The summed E-state index contributed by atoms with van der Waals surface area (Å²) >= 11 is 0. The fraction of sp³-hybridized carbons (Fsp3) is 0.500. The molecule has 1 amide bonds. The molecule has 4 nitrogen and oxygen atoms in total. The summed E-state index contributed by atoms with van der Waals surface area (Å²) in [5.74, 6) is -0.788. The SMILES string of the molecule is Cc1ccc(C)c2c1C(=O)C(=O)N2CC1CCCCO1. The maximum absolute atomic E-state index is 12.3. The molecular formula is C16H19NO3. The van der Waals surface area contributed by atoms with E-state index in [1.165, 1.54) is 0 Å². The van der Waals surface area contributed by atoms with Crippen molar-refractivity contribution in [3.8, 4) is 0 Å².